The van der Waals surface area contributed by atoms with Crippen LogP contribution in [0.1, 0.15) is 6.92 Å². The van der Waals surface area contributed by atoms with Gasteiger partial charge in [-0.05, 0) is 35.6 Å². The lowest BCUT2D eigenvalue weighted by molar-refractivity contribution is 0.208. The highest BCUT2D eigenvalue weighted by atomic mass is 127. The monoisotopic (exact) mass is 308 g/mol. The Kier molecular flexibility index (Phi) is 4.40. The van der Waals surface area contributed by atoms with E-state index in [1.165, 1.54) is 0 Å². The topological polar surface area (TPSA) is 54.4 Å². The minimum absolute atomic E-state index is 0.380. The molecule has 78 valence electrons. The lowest BCUT2D eigenvalue weighted by Crippen LogP contribution is -2.16. The van der Waals surface area contributed by atoms with Gasteiger partial charge in [-0.25, -0.2) is 4.98 Å². The van der Waals surface area contributed by atoms with E-state index < -0.39 is 0 Å². The van der Waals surface area contributed by atoms with Crippen molar-refractivity contribution in [1.82, 2.24) is 4.98 Å². The number of halogens is 1. The Hall–Kier alpha value is -0.560. The van der Waals surface area contributed by atoms with E-state index >= 15 is 0 Å². The maximum absolute atomic E-state index is 9.09. The van der Waals surface area contributed by atoms with Gasteiger partial charge in [-0.15, -0.1) is 0 Å². The zero-order chi connectivity index (χ0) is 10.6. The van der Waals surface area contributed by atoms with Crippen molar-refractivity contribution in [2.45, 2.75) is 13.0 Å². The van der Waals surface area contributed by atoms with Gasteiger partial charge >= 0.3 is 0 Å². The molecule has 0 aliphatic rings. The van der Waals surface area contributed by atoms with Gasteiger partial charge in [0.25, 0.3) is 0 Å². The molecule has 1 aromatic rings. The SMILES string of the molecule is COc1cnc(NC[C@@H](C)O)c(I)c1. The molecule has 0 aromatic carbocycles. The number of pyridine rings is 1. The van der Waals surface area contributed by atoms with Gasteiger partial charge in [0, 0.05) is 6.54 Å². The van der Waals surface area contributed by atoms with Crippen molar-refractivity contribution >= 4 is 28.4 Å². The first-order chi connectivity index (χ1) is 6.63. The number of methoxy groups -OCH3 is 1. The van der Waals surface area contributed by atoms with E-state index in [0.717, 1.165) is 15.1 Å². The predicted molar refractivity (Wildman–Crippen MR) is 63.7 cm³/mol. The third-order valence-electron chi connectivity index (χ3n) is 1.62. The van der Waals surface area contributed by atoms with Crippen LogP contribution >= 0.6 is 22.6 Å². The second-order valence-electron chi connectivity index (χ2n) is 2.94. The molecule has 0 saturated heterocycles. The number of nitrogens with one attached hydrogen (secondary N) is 1. The summed E-state index contributed by atoms with van der Waals surface area (Å²) in [5, 5.41) is 12.1. The molecule has 14 heavy (non-hydrogen) atoms. The third kappa shape index (κ3) is 3.30. The number of hydrogen-bond acceptors (Lipinski definition) is 4. The third-order valence-corrected chi connectivity index (χ3v) is 2.44. The Balaban J connectivity index is 2.69. The van der Waals surface area contributed by atoms with E-state index in [4.69, 9.17) is 9.84 Å². The van der Waals surface area contributed by atoms with Gasteiger partial charge in [-0.1, -0.05) is 0 Å². The zero-order valence-corrected chi connectivity index (χ0v) is 10.3. The van der Waals surface area contributed by atoms with E-state index in [1.807, 2.05) is 6.07 Å². The summed E-state index contributed by atoms with van der Waals surface area (Å²) in [6.45, 7) is 2.22. The molecule has 0 radical (unpaired) electrons. The van der Waals surface area contributed by atoms with Crippen LogP contribution in [0.3, 0.4) is 0 Å². The highest BCUT2D eigenvalue weighted by molar-refractivity contribution is 14.1. The van der Waals surface area contributed by atoms with Gasteiger partial charge in [-0.2, -0.15) is 0 Å². The van der Waals surface area contributed by atoms with Crippen LogP contribution in [-0.2, 0) is 0 Å². The standard InChI is InChI=1S/C9H13IN2O2/c1-6(13)4-11-9-8(10)3-7(14-2)5-12-9/h3,5-6,13H,4H2,1-2H3,(H,11,12)/t6-/m1/s1. The second kappa shape index (κ2) is 5.35. The maximum Gasteiger partial charge on any atom is 0.139 e. The molecule has 0 spiro atoms. The molecule has 1 atom stereocenters. The van der Waals surface area contributed by atoms with Crippen LogP contribution in [0.5, 0.6) is 5.75 Å². The first-order valence-electron chi connectivity index (χ1n) is 4.25. The highest BCUT2D eigenvalue weighted by Gasteiger charge is 2.03. The molecule has 0 amide bonds. The largest absolute Gasteiger partial charge is 0.495 e. The van der Waals surface area contributed by atoms with Gasteiger partial charge in [-0.3, -0.25) is 0 Å². The zero-order valence-electron chi connectivity index (χ0n) is 8.12. The highest BCUT2D eigenvalue weighted by Crippen LogP contribution is 2.20. The average molecular weight is 308 g/mol. The normalized spacial score (nSPS) is 12.3. The first-order valence-corrected chi connectivity index (χ1v) is 5.33. The van der Waals surface area contributed by atoms with Gasteiger partial charge in [0.15, 0.2) is 0 Å². The van der Waals surface area contributed by atoms with Crippen LogP contribution < -0.4 is 10.1 Å². The smallest absolute Gasteiger partial charge is 0.139 e. The number of aromatic nitrogens is 1. The van der Waals surface area contributed by atoms with Crippen molar-refractivity contribution in [2.24, 2.45) is 0 Å². The molecule has 2 N–H and O–H groups in total. The molecule has 0 aliphatic heterocycles. The molecule has 1 heterocycles. The molecule has 4 nitrogen and oxygen atoms in total. The summed E-state index contributed by atoms with van der Waals surface area (Å²) in [6.07, 6.45) is 1.27. The van der Waals surface area contributed by atoms with Crippen molar-refractivity contribution < 1.29 is 9.84 Å². The number of rotatable bonds is 4. The van der Waals surface area contributed by atoms with Crippen molar-refractivity contribution in [1.29, 1.82) is 0 Å². The minimum Gasteiger partial charge on any atom is -0.495 e. The summed E-state index contributed by atoms with van der Waals surface area (Å²) in [5.74, 6) is 1.50. The molecule has 1 aromatic heterocycles. The number of ether oxygens (including phenoxy) is 1. The number of aliphatic hydroxyl groups excluding tert-OH is 1. The molecule has 1 rings (SSSR count). The molecule has 0 fully saturated rings. The fourth-order valence-electron chi connectivity index (χ4n) is 0.906. The number of aliphatic hydroxyl groups is 1. The fourth-order valence-corrected chi connectivity index (χ4v) is 1.54. The molecule has 0 unspecified atom stereocenters. The molecule has 0 saturated carbocycles. The van der Waals surface area contributed by atoms with Crippen LogP contribution in [-0.4, -0.2) is 29.8 Å². The summed E-state index contributed by atoms with van der Waals surface area (Å²) in [5.41, 5.74) is 0. The van der Waals surface area contributed by atoms with Gasteiger partial charge in [0.05, 0.1) is 23.0 Å². The summed E-state index contributed by atoms with van der Waals surface area (Å²) in [4.78, 5) is 4.17. The Morgan fingerprint density at radius 1 is 1.71 bits per heavy atom. The number of hydrogen-bond donors (Lipinski definition) is 2. The van der Waals surface area contributed by atoms with Crippen molar-refractivity contribution in [3.8, 4) is 5.75 Å². The average Bonchev–Trinajstić information content (AvgIpc) is 2.15. The van der Waals surface area contributed by atoms with Crippen molar-refractivity contribution in [3.63, 3.8) is 0 Å². The van der Waals surface area contributed by atoms with Crippen LogP contribution in [0.15, 0.2) is 12.3 Å². The quantitative estimate of drug-likeness (QED) is 0.828. The fraction of sp³-hybridized carbons (Fsp3) is 0.444. The Bertz CT molecular complexity index is 305. The van der Waals surface area contributed by atoms with E-state index in [-0.39, 0.29) is 6.10 Å². The Morgan fingerprint density at radius 2 is 2.43 bits per heavy atom. The number of anilines is 1. The lowest BCUT2D eigenvalue weighted by atomic mass is 10.4. The maximum atomic E-state index is 9.09. The van der Waals surface area contributed by atoms with Gasteiger partial charge in [0.2, 0.25) is 0 Å². The van der Waals surface area contributed by atoms with Crippen LogP contribution in [0.4, 0.5) is 5.82 Å². The lowest BCUT2D eigenvalue weighted by Gasteiger charge is -2.09. The van der Waals surface area contributed by atoms with Crippen molar-refractivity contribution in [3.05, 3.63) is 15.8 Å². The van der Waals surface area contributed by atoms with Crippen molar-refractivity contribution in [2.75, 3.05) is 19.0 Å². The molecule has 0 aliphatic carbocycles. The summed E-state index contributed by atoms with van der Waals surface area (Å²) in [6, 6.07) is 1.89. The van der Waals surface area contributed by atoms with Crippen LogP contribution in [0.2, 0.25) is 0 Å². The Morgan fingerprint density at radius 3 is 2.93 bits per heavy atom. The summed E-state index contributed by atoms with van der Waals surface area (Å²) in [7, 11) is 1.61. The molecule has 0 bridgehead atoms. The van der Waals surface area contributed by atoms with E-state index in [9.17, 15) is 0 Å². The summed E-state index contributed by atoms with van der Waals surface area (Å²) < 4.78 is 6.01. The minimum atomic E-state index is -0.380. The van der Waals surface area contributed by atoms with Crippen LogP contribution in [0, 0.1) is 3.57 Å². The van der Waals surface area contributed by atoms with E-state index in [0.29, 0.717) is 6.54 Å². The first kappa shape index (κ1) is 11.5. The number of nitrogens with zero attached hydrogens (tertiary/aromatic N) is 1. The Labute approximate surface area is 96.8 Å². The summed E-state index contributed by atoms with van der Waals surface area (Å²) >= 11 is 2.17. The van der Waals surface area contributed by atoms with Gasteiger partial charge in [0.1, 0.15) is 11.6 Å². The van der Waals surface area contributed by atoms with Gasteiger partial charge < -0.3 is 15.2 Å². The van der Waals surface area contributed by atoms with E-state index in [2.05, 4.69) is 32.9 Å². The second-order valence-corrected chi connectivity index (χ2v) is 4.10. The molecule has 5 heteroatoms. The van der Waals surface area contributed by atoms with Crippen LogP contribution in [0.25, 0.3) is 0 Å². The molecular formula is C9H13IN2O2. The van der Waals surface area contributed by atoms with E-state index in [1.54, 1.807) is 20.2 Å². The predicted octanol–water partition coefficient (Wildman–Crippen LogP) is 1.49. The molecular weight excluding hydrogens is 295 g/mol.